The number of imide groups is 1. The third-order valence-corrected chi connectivity index (χ3v) is 3.66. The highest BCUT2D eigenvalue weighted by Crippen LogP contribution is 2.31. The second kappa shape index (κ2) is 3.79. The molecule has 0 aliphatic carbocycles. The number of amides is 3. The van der Waals surface area contributed by atoms with E-state index in [4.69, 9.17) is 0 Å². The van der Waals surface area contributed by atoms with Gasteiger partial charge in [-0.05, 0) is 19.6 Å². The second-order valence-corrected chi connectivity index (χ2v) is 5.70. The van der Waals surface area contributed by atoms with Crippen molar-refractivity contribution in [2.75, 3.05) is 6.26 Å². The van der Waals surface area contributed by atoms with Crippen LogP contribution in [0.3, 0.4) is 0 Å². The van der Waals surface area contributed by atoms with Crippen molar-refractivity contribution in [2.24, 2.45) is 0 Å². The second-order valence-electron chi connectivity index (χ2n) is 3.10. The lowest BCUT2D eigenvalue weighted by Gasteiger charge is -2.22. The Hall–Kier alpha value is -0.360. The minimum atomic E-state index is -0.442. The van der Waals surface area contributed by atoms with Crippen molar-refractivity contribution in [1.29, 1.82) is 0 Å². The van der Waals surface area contributed by atoms with Gasteiger partial charge in [-0.3, -0.25) is 10.1 Å². The van der Waals surface area contributed by atoms with Crippen LogP contribution < -0.4 is 10.6 Å². The number of carbonyl (C=O) groups is 2. The first-order chi connectivity index (χ1) is 5.94. The zero-order chi connectivity index (χ0) is 10.1. The number of carbonyl (C=O) groups excluding carboxylic acids is 2. The van der Waals surface area contributed by atoms with Gasteiger partial charge in [-0.15, -0.1) is 11.8 Å². The topological polar surface area (TPSA) is 58.2 Å². The van der Waals surface area contributed by atoms with E-state index >= 15 is 0 Å². The van der Waals surface area contributed by atoms with Crippen molar-refractivity contribution in [2.45, 2.75) is 23.5 Å². The predicted molar refractivity (Wildman–Crippen MR) is 56.0 cm³/mol. The average molecular weight is 220 g/mol. The van der Waals surface area contributed by atoms with Gasteiger partial charge in [0, 0.05) is 0 Å². The van der Waals surface area contributed by atoms with Gasteiger partial charge in [-0.2, -0.15) is 12.6 Å². The van der Waals surface area contributed by atoms with Gasteiger partial charge >= 0.3 is 6.03 Å². The molecule has 0 bridgehead atoms. The van der Waals surface area contributed by atoms with E-state index in [1.807, 2.05) is 13.2 Å². The van der Waals surface area contributed by atoms with E-state index in [1.54, 1.807) is 11.8 Å². The molecule has 1 fully saturated rings. The summed E-state index contributed by atoms with van der Waals surface area (Å²) in [4.78, 5) is 21.9. The molecule has 0 spiro atoms. The number of thiol groups is 1. The molecule has 0 aromatic carbocycles. The molecule has 0 radical (unpaired) electrons. The van der Waals surface area contributed by atoms with Gasteiger partial charge in [-0.1, -0.05) is 0 Å². The summed E-state index contributed by atoms with van der Waals surface area (Å²) in [6.45, 7) is 1.92. The molecule has 1 heterocycles. The molecule has 6 heteroatoms. The van der Waals surface area contributed by atoms with E-state index in [0.717, 1.165) is 0 Å². The van der Waals surface area contributed by atoms with Gasteiger partial charge in [0.05, 0.1) is 4.08 Å². The average Bonchev–Trinajstić information content (AvgIpc) is 2.30. The standard InChI is InChI=1S/C7H12N2O2S2/c1-7(12,13-2)3-4-5(10)9-6(11)8-4/h4,12H,3H2,1-2H3,(H2,8,9,10,11). The van der Waals surface area contributed by atoms with Crippen LogP contribution in [0.5, 0.6) is 0 Å². The van der Waals surface area contributed by atoms with Gasteiger partial charge in [0.25, 0.3) is 5.91 Å². The number of hydrogen-bond acceptors (Lipinski definition) is 4. The van der Waals surface area contributed by atoms with Crippen LogP contribution in [0.4, 0.5) is 4.79 Å². The maximum Gasteiger partial charge on any atom is 0.322 e. The zero-order valence-electron chi connectivity index (χ0n) is 7.46. The Morgan fingerprint density at radius 3 is 2.62 bits per heavy atom. The fourth-order valence-corrected chi connectivity index (χ4v) is 1.58. The SMILES string of the molecule is CSC(C)(S)CC1NC(=O)NC1=O. The van der Waals surface area contributed by atoms with Crippen LogP contribution in [0, 0.1) is 0 Å². The Morgan fingerprint density at radius 2 is 2.23 bits per heavy atom. The summed E-state index contributed by atoms with van der Waals surface area (Å²) in [5.74, 6) is -0.265. The van der Waals surface area contributed by atoms with Crippen LogP contribution in [0.15, 0.2) is 0 Å². The van der Waals surface area contributed by atoms with Gasteiger partial charge in [0.1, 0.15) is 6.04 Å². The number of hydrogen-bond donors (Lipinski definition) is 3. The normalized spacial score (nSPS) is 26.5. The fraction of sp³-hybridized carbons (Fsp3) is 0.714. The van der Waals surface area contributed by atoms with Crippen LogP contribution in [0.2, 0.25) is 0 Å². The fourth-order valence-electron chi connectivity index (χ4n) is 1.06. The zero-order valence-corrected chi connectivity index (χ0v) is 9.17. The van der Waals surface area contributed by atoms with E-state index in [-0.39, 0.29) is 9.99 Å². The highest BCUT2D eigenvalue weighted by Gasteiger charge is 2.34. The Balaban J connectivity index is 2.55. The monoisotopic (exact) mass is 220 g/mol. The largest absolute Gasteiger partial charge is 0.326 e. The molecule has 3 amide bonds. The molecule has 2 unspecified atom stereocenters. The van der Waals surface area contributed by atoms with Crippen LogP contribution in [0.1, 0.15) is 13.3 Å². The number of rotatable bonds is 3. The molecule has 0 aromatic heterocycles. The van der Waals surface area contributed by atoms with Gasteiger partial charge in [0.15, 0.2) is 0 Å². The first-order valence-corrected chi connectivity index (χ1v) is 5.51. The summed E-state index contributed by atoms with van der Waals surface area (Å²) in [5, 5.41) is 4.71. The summed E-state index contributed by atoms with van der Waals surface area (Å²) in [6.07, 6.45) is 2.44. The van der Waals surface area contributed by atoms with E-state index < -0.39 is 12.1 Å². The van der Waals surface area contributed by atoms with Crippen LogP contribution in [-0.4, -0.2) is 28.3 Å². The quantitative estimate of drug-likeness (QED) is 0.371. The Labute approximate surface area is 86.6 Å². The maximum atomic E-state index is 11.1. The number of thioether (sulfide) groups is 1. The summed E-state index contributed by atoms with van der Waals surface area (Å²) in [5.41, 5.74) is 0. The molecule has 74 valence electrons. The van der Waals surface area contributed by atoms with Crippen molar-refractivity contribution in [3.05, 3.63) is 0 Å². The summed E-state index contributed by atoms with van der Waals surface area (Å²) < 4.78 is -0.292. The minimum Gasteiger partial charge on any atom is -0.326 e. The Kier molecular flexibility index (Phi) is 3.13. The molecule has 1 saturated heterocycles. The molecular formula is C7H12N2O2S2. The van der Waals surface area contributed by atoms with E-state index in [9.17, 15) is 9.59 Å². The van der Waals surface area contributed by atoms with Crippen LogP contribution >= 0.6 is 24.4 Å². The predicted octanol–water partition coefficient (Wildman–Crippen LogP) is 0.594. The third-order valence-electron chi connectivity index (χ3n) is 1.88. The molecule has 0 aromatic rings. The first-order valence-electron chi connectivity index (χ1n) is 3.83. The van der Waals surface area contributed by atoms with E-state index in [1.165, 1.54) is 0 Å². The third kappa shape index (κ3) is 2.80. The van der Waals surface area contributed by atoms with Gasteiger partial charge in [0.2, 0.25) is 0 Å². The van der Waals surface area contributed by atoms with Crippen molar-refractivity contribution in [1.82, 2.24) is 10.6 Å². The molecule has 1 aliphatic heterocycles. The summed E-state index contributed by atoms with van der Waals surface area (Å²) in [6, 6.07) is -0.859. The molecule has 2 atom stereocenters. The van der Waals surface area contributed by atoms with Crippen molar-refractivity contribution in [3.8, 4) is 0 Å². The summed E-state index contributed by atoms with van der Waals surface area (Å²) >= 11 is 5.91. The highest BCUT2D eigenvalue weighted by molar-refractivity contribution is 8.11. The number of urea groups is 1. The molecule has 0 saturated carbocycles. The maximum absolute atomic E-state index is 11.1. The molecular weight excluding hydrogens is 208 g/mol. The first kappa shape index (κ1) is 10.7. The molecule has 2 N–H and O–H groups in total. The van der Waals surface area contributed by atoms with E-state index in [2.05, 4.69) is 23.3 Å². The van der Waals surface area contributed by atoms with E-state index in [0.29, 0.717) is 6.42 Å². The van der Waals surface area contributed by atoms with Crippen LogP contribution in [-0.2, 0) is 4.79 Å². The van der Waals surface area contributed by atoms with Crippen molar-refractivity contribution < 1.29 is 9.59 Å². The molecule has 13 heavy (non-hydrogen) atoms. The lowest BCUT2D eigenvalue weighted by atomic mass is 10.1. The van der Waals surface area contributed by atoms with Crippen molar-refractivity contribution in [3.63, 3.8) is 0 Å². The minimum absolute atomic E-state index is 0.265. The van der Waals surface area contributed by atoms with Crippen LogP contribution in [0.25, 0.3) is 0 Å². The number of nitrogens with one attached hydrogen (secondary N) is 2. The lowest BCUT2D eigenvalue weighted by molar-refractivity contribution is -0.120. The Bertz CT molecular complexity index is 243. The summed E-state index contributed by atoms with van der Waals surface area (Å²) in [7, 11) is 0. The Morgan fingerprint density at radius 1 is 1.62 bits per heavy atom. The lowest BCUT2D eigenvalue weighted by Crippen LogP contribution is -2.34. The van der Waals surface area contributed by atoms with Gasteiger partial charge < -0.3 is 5.32 Å². The van der Waals surface area contributed by atoms with Gasteiger partial charge in [-0.25, -0.2) is 4.79 Å². The molecule has 1 rings (SSSR count). The van der Waals surface area contributed by atoms with Crippen molar-refractivity contribution >= 4 is 36.3 Å². The molecule has 4 nitrogen and oxygen atoms in total. The highest BCUT2D eigenvalue weighted by atomic mass is 32.2. The molecule has 1 aliphatic rings. The smallest absolute Gasteiger partial charge is 0.322 e.